The minimum absolute atomic E-state index is 0.153. The molecule has 0 saturated heterocycles. The van der Waals surface area contributed by atoms with Gasteiger partial charge >= 0.3 is 5.97 Å². The maximum absolute atomic E-state index is 13.5. The smallest absolute Gasteiger partial charge is 0.328 e. The summed E-state index contributed by atoms with van der Waals surface area (Å²) >= 11 is 0. The topological polar surface area (TPSA) is 55.4 Å². The number of ether oxygens (including phenoxy) is 1. The summed E-state index contributed by atoms with van der Waals surface area (Å²) in [4.78, 5) is 25.9. The fraction of sp³-hybridized carbons (Fsp3) is 0.241. The Morgan fingerprint density at radius 2 is 1.33 bits per heavy atom. The van der Waals surface area contributed by atoms with Crippen molar-refractivity contribution in [3.8, 4) is 0 Å². The molecule has 4 nitrogen and oxygen atoms in total. The zero-order valence-corrected chi connectivity index (χ0v) is 19.1. The lowest BCUT2D eigenvalue weighted by atomic mass is 9.67. The van der Waals surface area contributed by atoms with Gasteiger partial charge in [0, 0.05) is 6.42 Å². The number of esters is 1. The van der Waals surface area contributed by atoms with Crippen molar-refractivity contribution in [2.75, 3.05) is 7.11 Å². The van der Waals surface area contributed by atoms with E-state index < -0.39 is 17.4 Å². The second-order valence-corrected chi connectivity index (χ2v) is 8.04. The van der Waals surface area contributed by atoms with Gasteiger partial charge in [-0.2, -0.15) is 0 Å². The van der Waals surface area contributed by atoms with E-state index >= 15 is 0 Å². The molecule has 1 atom stereocenters. The first-order valence-electron chi connectivity index (χ1n) is 11.3. The van der Waals surface area contributed by atoms with Crippen molar-refractivity contribution in [1.29, 1.82) is 0 Å². The zero-order chi connectivity index (χ0) is 23.5. The number of methoxy groups -OCH3 is 1. The molecule has 0 saturated carbocycles. The maximum atomic E-state index is 13.5. The third kappa shape index (κ3) is 5.78. The molecule has 1 N–H and O–H groups in total. The van der Waals surface area contributed by atoms with Crippen LogP contribution in [0.3, 0.4) is 0 Å². The lowest BCUT2D eigenvalue weighted by molar-refractivity contribution is -0.145. The molecule has 0 fully saturated rings. The van der Waals surface area contributed by atoms with Gasteiger partial charge in [0.05, 0.1) is 12.5 Å². The molecule has 0 unspecified atom stereocenters. The third-order valence-electron chi connectivity index (χ3n) is 5.95. The summed E-state index contributed by atoms with van der Waals surface area (Å²) in [6.07, 6.45) is 3.97. The largest absolute Gasteiger partial charge is 0.467 e. The number of hydrogen-bond acceptors (Lipinski definition) is 3. The van der Waals surface area contributed by atoms with Gasteiger partial charge in [0.25, 0.3) is 0 Å². The molecule has 0 radical (unpaired) electrons. The summed E-state index contributed by atoms with van der Waals surface area (Å²) in [6.45, 7) is 3.73. The minimum atomic E-state index is -0.713. The number of carbonyl (C=O) groups excluding carboxylic acids is 2. The van der Waals surface area contributed by atoms with E-state index in [0.717, 1.165) is 29.5 Å². The average Bonchev–Trinajstić information content (AvgIpc) is 2.88. The van der Waals surface area contributed by atoms with Crippen LogP contribution in [0.1, 0.15) is 42.4 Å². The average molecular weight is 442 g/mol. The number of amides is 1. The van der Waals surface area contributed by atoms with E-state index in [1.54, 1.807) is 6.08 Å². The summed E-state index contributed by atoms with van der Waals surface area (Å²) in [7, 11) is 1.34. The highest BCUT2D eigenvalue weighted by molar-refractivity contribution is 5.86. The summed E-state index contributed by atoms with van der Waals surface area (Å²) in [5.41, 5.74) is 2.33. The molecule has 0 aliphatic heterocycles. The first-order valence-corrected chi connectivity index (χ1v) is 11.3. The molecule has 170 valence electrons. The third-order valence-corrected chi connectivity index (χ3v) is 5.95. The minimum Gasteiger partial charge on any atom is -0.467 e. The summed E-state index contributed by atoms with van der Waals surface area (Å²) in [5, 5.41) is 2.94. The van der Waals surface area contributed by atoms with Crippen LogP contribution in [0.25, 0.3) is 0 Å². The van der Waals surface area contributed by atoms with Gasteiger partial charge < -0.3 is 10.1 Å². The maximum Gasteiger partial charge on any atom is 0.328 e. The Labute approximate surface area is 196 Å². The molecule has 3 aromatic carbocycles. The molecule has 0 heterocycles. The first-order chi connectivity index (χ1) is 16.1. The highest BCUT2D eigenvalue weighted by atomic mass is 16.5. The van der Waals surface area contributed by atoms with Gasteiger partial charge in [-0.15, -0.1) is 6.58 Å². The number of nitrogens with one attached hydrogen (secondary N) is 1. The van der Waals surface area contributed by atoms with Gasteiger partial charge in [-0.25, -0.2) is 4.79 Å². The highest BCUT2D eigenvalue weighted by Crippen LogP contribution is 2.42. The number of unbranched alkanes of at least 4 members (excludes halogenated alkanes) is 1. The monoisotopic (exact) mass is 441 g/mol. The normalized spacial score (nSPS) is 11.9. The van der Waals surface area contributed by atoms with E-state index in [1.165, 1.54) is 7.11 Å². The van der Waals surface area contributed by atoms with Crippen molar-refractivity contribution < 1.29 is 14.3 Å². The number of hydrogen-bond donors (Lipinski definition) is 1. The SMILES string of the molecule is C=CCCC[C@@H](NC(=O)CC(c1ccccc1)(c1ccccc1)c1ccccc1)C(=O)OC. The van der Waals surface area contributed by atoms with Crippen LogP contribution < -0.4 is 5.32 Å². The predicted molar refractivity (Wildman–Crippen MR) is 132 cm³/mol. The lowest BCUT2D eigenvalue weighted by Gasteiger charge is -2.36. The Morgan fingerprint density at radius 3 is 1.73 bits per heavy atom. The molecule has 0 aromatic heterocycles. The van der Waals surface area contributed by atoms with E-state index in [1.807, 2.05) is 54.6 Å². The van der Waals surface area contributed by atoms with Crippen LogP contribution in [0.15, 0.2) is 104 Å². The van der Waals surface area contributed by atoms with Crippen LogP contribution in [-0.4, -0.2) is 25.0 Å². The molecule has 0 spiro atoms. The summed E-state index contributed by atoms with van der Waals surface area (Å²) in [6, 6.07) is 29.4. The fourth-order valence-electron chi connectivity index (χ4n) is 4.32. The first kappa shape index (κ1) is 24.0. The second-order valence-electron chi connectivity index (χ2n) is 8.04. The number of rotatable bonds is 11. The van der Waals surface area contributed by atoms with Crippen LogP contribution in [-0.2, 0) is 19.7 Å². The molecule has 3 rings (SSSR count). The predicted octanol–water partition coefficient (Wildman–Crippen LogP) is 5.43. The second kappa shape index (κ2) is 11.8. The molecular formula is C29H31NO3. The van der Waals surface area contributed by atoms with Crippen molar-refractivity contribution >= 4 is 11.9 Å². The zero-order valence-electron chi connectivity index (χ0n) is 19.1. The van der Waals surface area contributed by atoms with Gasteiger partial charge in [0.15, 0.2) is 0 Å². The van der Waals surface area contributed by atoms with Crippen LogP contribution in [0.5, 0.6) is 0 Å². The van der Waals surface area contributed by atoms with Crippen molar-refractivity contribution in [1.82, 2.24) is 5.32 Å². The van der Waals surface area contributed by atoms with E-state index in [0.29, 0.717) is 6.42 Å². The lowest BCUT2D eigenvalue weighted by Crippen LogP contribution is -2.45. The van der Waals surface area contributed by atoms with E-state index in [9.17, 15) is 9.59 Å². The van der Waals surface area contributed by atoms with E-state index in [-0.39, 0.29) is 12.3 Å². The quantitative estimate of drug-likeness (QED) is 0.187. The molecular weight excluding hydrogens is 410 g/mol. The van der Waals surface area contributed by atoms with Gasteiger partial charge in [0.2, 0.25) is 5.91 Å². The molecule has 0 aliphatic carbocycles. The number of allylic oxidation sites excluding steroid dienone is 1. The molecule has 4 heteroatoms. The number of benzene rings is 3. The van der Waals surface area contributed by atoms with Crippen molar-refractivity contribution in [3.05, 3.63) is 120 Å². The van der Waals surface area contributed by atoms with Gasteiger partial charge in [-0.3, -0.25) is 4.79 Å². The van der Waals surface area contributed by atoms with Crippen molar-refractivity contribution in [3.63, 3.8) is 0 Å². The Hall–Kier alpha value is -3.66. The molecule has 1 amide bonds. The van der Waals surface area contributed by atoms with Gasteiger partial charge in [-0.05, 0) is 36.0 Å². The Bertz CT molecular complexity index is 936. The molecule has 0 aliphatic rings. The van der Waals surface area contributed by atoms with Crippen molar-refractivity contribution in [2.45, 2.75) is 37.1 Å². The Kier molecular flexibility index (Phi) is 8.59. The number of carbonyl (C=O) groups is 2. The van der Waals surface area contributed by atoms with Gasteiger partial charge in [0.1, 0.15) is 6.04 Å². The van der Waals surface area contributed by atoms with Crippen LogP contribution in [0.2, 0.25) is 0 Å². The Morgan fingerprint density at radius 1 is 0.879 bits per heavy atom. The molecule has 0 bridgehead atoms. The van der Waals surface area contributed by atoms with Crippen LogP contribution in [0, 0.1) is 0 Å². The van der Waals surface area contributed by atoms with Gasteiger partial charge in [-0.1, -0.05) is 97.1 Å². The standard InChI is InChI=1S/C29H31NO3/c1-3-4-8-21-26(28(32)33-2)30-27(31)22-29(23-15-9-5-10-16-23,24-17-11-6-12-18-24)25-19-13-7-14-20-25/h3,5-7,9-20,26H,1,4,8,21-22H2,2H3,(H,30,31)/t26-/m1/s1. The molecule has 33 heavy (non-hydrogen) atoms. The van der Waals surface area contributed by atoms with Crippen molar-refractivity contribution in [2.24, 2.45) is 0 Å². The van der Waals surface area contributed by atoms with Crippen LogP contribution >= 0.6 is 0 Å². The Balaban J connectivity index is 2.03. The highest BCUT2D eigenvalue weighted by Gasteiger charge is 2.39. The van der Waals surface area contributed by atoms with E-state index in [4.69, 9.17) is 4.74 Å². The summed E-state index contributed by atoms with van der Waals surface area (Å²) in [5.74, 6) is -0.641. The van der Waals surface area contributed by atoms with Crippen LogP contribution in [0.4, 0.5) is 0 Å². The molecule has 3 aromatic rings. The fourth-order valence-corrected chi connectivity index (χ4v) is 4.32. The van der Waals surface area contributed by atoms with E-state index in [2.05, 4.69) is 48.3 Å². The summed E-state index contributed by atoms with van der Waals surface area (Å²) < 4.78 is 4.95.